The van der Waals surface area contributed by atoms with Crippen LogP contribution in [0.15, 0.2) is 34.2 Å². The van der Waals surface area contributed by atoms with Crippen molar-refractivity contribution in [1.82, 2.24) is 4.98 Å². The zero-order chi connectivity index (χ0) is 11.3. The third-order valence-corrected chi connectivity index (χ3v) is 2.06. The molecule has 0 amide bonds. The van der Waals surface area contributed by atoms with Crippen molar-refractivity contribution in [3.63, 3.8) is 0 Å². The Kier molecular flexibility index (Phi) is 4.86. The van der Waals surface area contributed by atoms with Gasteiger partial charge in [0.15, 0.2) is 0 Å². The monoisotopic (exact) mass is 376 g/mol. The van der Waals surface area contributed by atoms with Gasteiger partial charge in [-0.05, 0) is 23.0 Å². The molecule has 0 spiro atoms. The van der Waals surface area contributed by atoms with Crippen LogP contribution in [0.1, 0.15) is 0 Å². The fourth-order valence-corrected chi connectivity index (χ4v) is 1.33. The second-order valence-corrected chi connectivity index (χ2v) is 3.57. The van der Waals surface area contributed by atoms with Crippen molar-refractivity contribution in [1.29, 1.82) is 0 Å². The molecule has 0 saturated heterocycles. The molecule has 15 heavy (non-hydrogen) atoms. The number of aromatic nitrogens is 1. The van der Waals surface area contributed by atoms with E-state index in [-0.39, 0.29) is 0 Å². The second kappa shape index (κ2) is 5.93. The van der Waals surface area contributed by atoms with Crippen LogP contribution in [-0.2, 0) is 19.6 Å². The van der Waals surface area contributed by atoms with Crippen LogP contribution >= 0.6 is 0 Å². The van der Waals surface area contributed by atoms with E-state index in [0.717, 1.165) is 11.0 Å². The second-order valence-electron chi connectivity index (χ2n) is 3.07. The Morgan fingerprint density at radius 3 is 2.73 bits per heavy atom. The van der Waals surface area contributed by atoms with E-state index in [2.05, 4.69) is 8.70 Å². The summed E-state index contributed by atoms with van der Waals surface area (Å²) in [5.74, 6) is 0. The van der Waals surface area contributed by atoms with Crippen LogP contribution in [0.5, 0.6) is 0 Å². The molecule has 0 unspecified atom stereocenters. The van der Waals surface area contributed by atoms with E-state index in [4.69, 9.17) is 0 Å². The predicted octanol–water partition coefficient (Wildman–Crippen LogP) is 1.59. The molecule has 0 atom stereocenters. The summed E-state index contributed by atoms with van der Waals surface area (Å²) in [5, 5.41) is 10.5. The summed E-state index contributed by atoms with van der Waals surface area (Å²) in [4.78, 5) is 3.10. The minimum absolute atomic E-state index is 0.391. The van der Waals surface area contributed by atoms with Crippen LogP contribution in [0.3, 0.4) is 0 Å². The number of hydrogen-bond donors (Lipinski definition) is 2. The van der Waals surface area contributed by atoms with Gasteiger partial charge in [0.25, 0.3) is 0 Å². The molecule has 0 aliphatic rings. The van der Waals surface area contributed by atoms with Crippen molar-refractivity contribution >= 4 is 23.3 Å². The number of nitrogens with zero attached hydrogens (tertiary/aromatic N) is 1. The molecule has 0 aliphatic carbocycles. The van der Waals surface area contributed by atoms with Crippen molar-refractivity contribution in [3.05, 3.63) is 30.5 Å². The van der Waals surface area contributed by atoms with Gasteiger partial charge in [-0.25, -0.2) is 0 Å². The first-order valence-electron chi connectivity index (χ1n) is 4.37. The van der Waals surface area contributed by atoms with Gasteiger partial charge >= 0.3 is 34.7 Å². The number of halogens is 1. The summed E-state index contributed by atoms with van der Waals surface area (Å²) in [5.41, 5.74) is 2.03. The molecule has 2 N–H and O–H groups in total. The minimum atomic E-state index is -0.391. The number of fused-ring (bicyclic) bond motifs is 1. The zero-order valence-electron chi connectivity index (χ0n) is 8.14. The number of benzene rings is 1. The fraction of sp³-hybridized carbons (Fsp3) is 0.111. The molecule has 1 aromatic carbocycles. The SMILES string of the molecule is CB(O)c1ccc2cc[nH]c2c1.F[N]=[W]. The third-order valence-electron chi connectivity index (χ3n) is 2.06. The summed E-state index contributed by atoms with van der Waals surface area (Å²) in [6, 6.07) is 7.94. The first-order valence-corrected chi connectivity index (χ1v) is 5.69. The van der Waals surface area contributed by atoms with Crippen molar-refractivity contribution < 1.29 is 29.1 Å². The Balaban J connectivity index is 0.000000337. The van der Waals surface area contributed by atoms with E-state index in [1.54, 1.807) is 6.82 Å². The topological polar surface area (TPSA) is 48.4 Å². The molecule has 2 rings (SSSR count). The Morgan fingerprint density at radius 1 is 1.47 bits per heavy atom. The van der Waals surface area contributed by atoms with E-state index in [1.807, 2.05) is 30.5 Å². The molecule has 0 aliphatic heterocycles. The van der Waals surface area contributed by atoms with Crippen molar-refractivity contribution in [2.45, 2.75) is 6.82 Å². The molecule has 0 bridgehead atoms. The molecule has 1 heterocycles. The van der Waals surface area contributed by atoms with Crippen LogP contribution in [0.2, 0.25) is 6.82 Å². The summed E-state index contributed by atoms with van der Waals surface area (Å²) in [6.07, 6.45) is 1.90. The number of nitrogens with one attached hydrogen (secondary N) is 1. The van der Waals surface area contributed by atoms with Gasteiger partial charge in [-0.2, -0.15) is 0 Å². The van der Waals surface area contributed by atoms with Gasteiger partial charge in [-0.15, -0.1) is 0 Å². The molecular weight excluding hydrogens is 366 g/mol. The quantitative estimate of drug-likeness (QED) is 0.731. The van der Waals surface area contributed by atoms with Crippen molar-refractivity contribution in [3.8, 4) is 0 Å². The van der Waals surface area contributed by atoms with Gasteiger partial charge in [0, 0.05) is 11.7 Å². The average molecular weight is 376 g/mol. The molecule has 0 radical (unpaired) electrons. The Morgan fingerprint density at radius 2 is 2.13 bits per heavy atom. The van der Waals surface area contributed by atoms with Gasteiger partial charge in [-0.3, -0.25) is 0 Å². The maximum absolute atomic E-state index is 9.95. The third kappa shape index (κ3) is 3.36. The van der Waals surface area contributed by atoms with Gasteiger partial charge in [-0.1, -0.05) is 19.0 Å². The zero-order valence-corrected chi connectivity index (χ0v) is 11.1. The summed E-state index contributed by atoms with van der Waals surface area (Å²) < 4.78 is 12.0. The molecule has 1 aromatic heterocycles. The summed E-state index contributed by atoms with van der Waals surface area (Å²) >= 11 is 0.630. The van der Waals surface area contributed by atoms with Crippen LogP contribution in [0.4, 0.5) is 4.48 Å². The predicted molar refractivity (Wildman–Crippen MR) is 55.3 cm³/mol. The summed E-state index contributed by atoms with van der Waals surface area (Å²) in [7, 11) is 0. The van der Waals surface area contributed by atoms with Crippen LogP contribution in [0, 0.1) is 0 Å². The van der Waals surface area contributed by atoms with Gasteiger partial charge in [0.05, 0.1) is 0 Å². The van der Waals surface area contributed by atoms with E-state index < -0.39 is 6.92 Å². The number of rotatable bonds is 1. The Hall–Kier alpha value is -0.797. The van der Waals surface area contributed by atoms with E-state index in [0.29, 0.717) is 19.6 Å². The first kappa shape index (κ1) is 12.3. The number of aromatic amines is 1. The Bertz CT molecular complexity index is 446. The summed E-state index contributed by atoms with van der Waals surface area (Å²) in [6.45, 7) is 1.38. The normalized spacial score (nSPS) is 9.27. The van der Waals surface area contributed by atoms with Crippen LogP contribution < -0.4 is 5.46 Å². The first-order chi connectivity index (χ1) is 7.19. The molecule has 0 saturated carbocycles. The Labute approximate surface area is 98.5 Å². The van der Waals surface area contributed by atoms with E-state index in [9.17, 15) is 9.51 Å². The standard InChI is InChI=1S/C9H10BNO.FN.W/c1-10(12)8-3-2-7-4-5-11-9(7)6-8;1-2;/h2-6,11-12H,1H3;;. The molecule has 6 heteroatoms. The molecule has 0 fully saturated rings. The molecule has 3 nitrogen and oxygen atoms in total. The maximum atomic E-state index is 9.95. The van der Waals surface area contributed by atoms with Gasteiger partial charge in [0.1, 0.15) is 0 Å². The fourth-order valence-electron chi connectivity index (χ4n) is 1.33. The van der Waals surface area contributed by atoms with Gasteiger partial charge < -0.3 is 10.0 Å². The van der Waals surface area contributed by atoms with Gasteiger partial charge in [0.2, 0.25) is 0 Å². The molecule has 78 valence electrons. The number of hydrogen-bond acceptors (Lipinski definition) is 2. The number of H-pyrrole nitrogens is 1. The average Bonchev–Trinajstić information content (AvgIpc) is 2.65. The van der Waals surface area contributed by atoms with Crippen molar-refractivity contribution in [2.75, 3.05) is 0 Å². The van der Waals surface area contributed by atoms with E-state index >= 15 is 0 Å². The van der Waals surface area contributed by atoms with E-state index in [1.165, 1.54) is 5.39 Å². The molecular formula is C9H10BFN2OW. The van der Waals surface area contributed by atoms with Crippen molar-refractivity contribution in [2.24, 2.45) is 3.72 Å². The van der Waals surface area contributed by atoms with Crippen LogP contribution in [-0.4, -0.2) is 16.9 Å². The molecule has 2 aromatic rings. The van der Waals surface area contributed by atoms with Crippen LogP contribution in [0.25, 0.3) is 10.9 Å².